The van der Waals surface area contributed by atoms with Gasteiger partial charge < -0.3 is 5.11 Å². The van der Waals surface area contributed by atoms with Crippen LogP contribution in [0.3, 0.4) is 0 Å². The minimum absolute atomic E-state index is 0.294. The van der Waals surface area contributed by atoms with Crippen LogP contribution >= 0.6 is 0 Å². The summed E-state index contributed by atoms with van der Waals surface area (Å²) in [5.41, 5.74) is 1.08. The number of aliphatic hydroxyl groups excluding tert-OH is 1. The molecule has 0 aromatic heterocycles. The van der Waals surface area contributed by atoms with Crippen LogP contribution in [0.1, 0.15) is 26.7 Å². The molecule has 0 aliphatic heterocycles. The van der Waals surface area contributed by atoms with Crippen molar-refractivity contribution < 1.29 is 5.11 Å². The molecule has 0 aliphatic carbocycles. The second-order valence-corrected chi connectivity index (χ2v) is 3.10. The first-order valence-electron chi connectivity index (χ1n) is 4.09. The Morgan fingerprint density at radius 2 is 2.27 bits per heavy atom. The van der Waals surface area contributed by atoms with Gasteiger partial charge in [-0.3, -0.25) is 0 Å². The van der Waals surface area contributed by atoms with E-state index in [0.717, 1.165) is 18.4 Å². The van der Waals surface area contributed by atoms with Crippen LogP contribution in [-0.2, 0) is 0 Å². The van der Waals surface area contributed by atoms with Gasteiger partial charge in [0.1, 0.15) is 0 Å². The van der Waals surface area contributed by atoms with Gasteiger partial charge in [0.15, 0.2) is 0 Å². The maximum Gasteiger partial charge on any atom is 0.0433 e. The molecule has 1 heteroatoms. The van der Waals surface area contributed by atoms with Crippen molar-refractivity contribution >= 4 is 0 Å². The monoisotopic (exact) mass is 154 g/mol. The van der Waals surface area contributed by atoms with Gasteiger partial charge in [-0.2, -0.15) is 0 Å². The maximum absolute atomic E-state index is 8.60. The third-order valence-electron chi connectivity index (χ3n) is 1.56. The molecule has 0 fully saturated rings. The molecule has 0 radical (unpaired) electrons. The third kappa shape index (κ3) is 7.34. The summed E-state index contributed by atoms with van der Waals surface area (Å²) in [7, 11) is 0. The van der Waals surface area contributed by atoms with Crippen LogP contribution in [0, 0.1) is 5.92 Å². The zero-order valence-corrected chi connectivity index (χ0v) is 7.51. The summed E-state index contributed by atoms with van der Waals surface area (Å²) >= 11 is 0. The Morgan fingerprint density at radius 1 is 1.64 bits per heavy atom. The van der Waals surface area contributed by atoms with Gasteiger partial charge in [-0.15, -0.1) is 0 Å². The molecular weight excluding hydrogens is 136 g/mol. The largest absolute Gasteiger partial charge is 0.396 e. The molecule has 0 aliphatic rings. The first-order valence-corrected chi connectivity index (χ1v) is 4.09. The third-order valence-corrected chi connectivity index (χ3v) is 1.56. The number of hydrogen-bond donors (Lipinski definition) is 1. The first-order chi connectivity index (χ1) is 5.16. The van der Waals surface area contributed by atoms with E-state index in [9.17, 15) is 0 Å². The molecule has 0 saturated carbocycles. The Balaban J connectivity index is 3.44. The average Bonchev–Trinajstić information content (AvgIpc) is 1.87. The van der Waals surface area contributed by atoms with Gasteiger partial charge in [-0.25, -0.2) is 0 Å². The highest BCUT2D eigenvalue weighted by molar-refractivity contribution is 5.10. The molecule has 0 aromatic rings. The molecule has 1 atom stereocenters. The Morgan fingerprint density at radius 3 is 2.73 bits per heavy atom. The van der Waals surface area contributed by atoms with Crippen LogP contribution in [0.4, 0.5) is 0 Å². The van der Waals surface area contributed by atoms with E-state index in [2.05, 4.69) is 19.6 Å². The fourth-order valence-electron chi connectivity index (χ4n) is 0.840. The van der Waals surface area contributed by atoms with E-state index in [0.29, 0.717) is 12.5 Å². The summed E-state index contributed by atoms with van der Waals surface area (Å²) in [6, 6.07) is 0. The van der Waals surface area contributed by atoms with E-state index in [-0.39, 0.29) is 0 Å². The molecule has 1 N–H and O–H groups in total. The maximum atomic E-state index is 8.60. The number of aliphatic hydroxyl groups is 1. The van der Waals surface area contributed by atoms with E-state index in [1.54, 1.807) is 0 Å². The van der Waals surface area contributed by atoms with E-state index in [4.69, 9.17) is 5.11 Å². The van der Waals surface area contributed by atoms with Gasteiger partial charge in [0.2, 0.25) is 0 Å². The zero-order chi connectivity index (χ0) is 8.69. The molecule has 0 heterocycles. The number of allylic oxidation sites excluding steroid dienone is 3. The lowest BCUT2D eigenvalue weighted by atomic mass is 10.0. The summed E-state index contributed by atoms with van der Waals surface area (Å²) in [6.45, 7) is 8.17. The van der Waals surface area contributed by atoms with Crippen molar-refractivity contribution in [1.29, 1.82) is 0 Å². The lowest BCUT2D eigenvalue weighted by Crippen LogP contribution is -1.95. The highest BCUT2D eigenvalue weighted by atomic mass is 16.2. The Bertz CT molecular complexity index is 136. The zero-order valence-electron chi connectivity index (χ0n) is 7.51. The van der Waals surface area contributed by atoms with Gasteiger partial charge in [0.05, 0.1) is 0 Å². The van der Waals surface area contributed by atoms with Crippen molar-refractivity contribution in [1.82, 2.24) is 0 Å². The molecule has 0 saturated heterocycles. The number of rotatable bonds is 5. The highest BCUT2D eigenvalue weighted by Gasteiger charge is 1.96. The van der Waals surface area contributed by atoms with Gasteiger partial charge in [-0.05, 0) is 25.7 Å². The average molecular weight is 154 g/mol. The summed E-state index contributed by atoms with van der Waals surface area (Å²) in [5.74, 6) is 0.579. The van der Waals surface area contributed by atoms with Crippen molar-refractivity contribution in [3.63, 3.8) is 0 Å². The lowest BCUT2D eigenvalue weighted by Gasteiger charge is -2.04. The smallest absolute Gasteiger partial charge is 0.0433 e. The second-order valence-electron chi connectivity index (χ2n) is 3.10. The highest BCUT2D eigenvalue weighted by Crippen LogP contribution is 2.07. The van der Waals surface area contributed by atoms with Crippen LogP contribution < -0.4 is 0 Å². The standard InChI is InChI=1S/C10H18O/c1-9(2)5-4-6-10(3)7-8-11/h4-5,10-11H,1,6-8H2,2-3H3/b5-4+. The van der Waals surface area contributed by atoms with Crippen molar-refractivity contribution in [2.75, 3.05) is 6.61 Å². The molecule has 0 spiro atoms. The van der Waals surface area contributed by atoms with E-state index in [1.165, 1.54) is 0 Å². The summed E-state index contributed by atoms with van der Waals surface area (Å²) in [5, 5.41) is 8.60. The first kappa shape index (κ1) is 10.4. The van der Waals surface area contributed by atoms with Crippen molar-refractivity contribution in [2.24, 2.45) is 5.92 Å². The lowest BCUT2D eigenvalue weighted by molar-refractivity contribution is 0.263. The van der Waals surface area contributed by atoms with Crippen molar-refractivity contribution in [3.8, 4) is 0 Å². The quantitative estimate of drug-likeness (QED) is 0.603. The SMILES string of the molecule is C=C(C)/C=C/CC(C)CCO. The van der Waals surface area contributed by atoms with Crippen LogP contribution in [0.25, 0.3) is 0 Å². The molecule has 1 nitrogen and oxygen atoms in total. The van der Waals surface area contributed by atoms with Crippen molar-refractivity contribution in [2.45, 2.75) is 26.7 Å². The van der Waals surface area contributed by atoms with E-state index >= 15 is 0 Å². The minimum atomic E-state index is 0.294. The van der Waals surface area contributed by atoms with E-state index in [1.807, 2.05) is 13.0 Å². The fourth-order valence-corrected chi connectivity index (χ4v) is 0.840. The summed E-state index contributed by atoms with van der Waals surface area (Å²) in [6.07, 6.45) is 6.06. The number of hydrogen-bond acceptors (Lipinski definition) is 1. The van der Waals surface area contributed by atoms with Crippen molar-refractivity contribution in [3.05, 3.63) is 24.3 Å². The van der Waals surface area contributed by atoms with Crippen LogP contribution in [0.15, 0.2) is 24.3 Å². The molecule has 1 unspecified atom stereocenters. The van der Waals surface area contributed by atoms with Gasteiger partial charge >= 0.3 is 0 Å². The van der Waals surface area contributed by atoms with Gasteiger partial charge in [0, 0.05) is 6.61 Å². The Labute approximate surface area is 69.4 Å². The molecule has 0 bridgehead atoms. The van der Waals surface area contributed by atoms with Gasteiger partial charge in [0.25, 0.3) is 0 Å². The molecular formula is C10H18O. The molecule has 64 valence electrons. The summed E-state index contributed by atoms with van der Waals surface area (Å²) in [4.78, 5) is 0. The fraction of sp³-hybridized carbons (Fsp3) is 0.600. The molecule has 0 amide bonds. The Kier molecular flexibility index (Phi) is 5.86. The van der Waals surface area contributed by atoms with Gasteiger partial charge in [-0.1, -0.05) is 31.2 Å². The predicted octanol–water partition coefficient (Wildman–Crippen LogP) is 2.53. The van der Waals surface area contributed by atoms with Crippen LogP contribution in [0.2, 0.25) is 0 Å². The Hall–Kier alpha value is -0.560. The predicted molar refractivity (Wildman–Crippen MR) is 49.4 cm³/mol. The summed E-state index contributed by atoms with van der Waals surface area (Å²) < 4.78 is 0. The normalized spacial score (nSPS) is 13.7. The second kappa shape index (κ2) is 6.17. The molecule has 0 aromatic carbocycles. The minimum Gasteiger partial charge on any atom is -0.396 e. The van der Waals surface area contributed by atoms with E-state index < -0.39 is 0 Å². The molecule has 11 heavy (non-hydrogen) atoms. The van der Waals surface area contributed by atoms with Crippen LogP contribution in [-0.4, -0.2) is 11.7 Å². The molecule has 0 rings (SSSR count). The van der Waals surface area contributed by atoms with Crippen LogP contribution in [0.5, 0.6) is 0 Å². The topological polar surface area (TPSA) is 20.2 Å².